The Morgan fingerprint density at radius 3 is 2.74 bits per heavy atom. The number of hydrogen-bond donors (Lipinski definition) is 1. The molecule has 1 aromatic heterocycles. The number of ether oxygens (including phenoxy) is 1. The summed E-state index contributed by atoms with van der Waals surface area (Å²) in [6.45, 7) is 0. The van der Waals surface area contributed by atoms with Gasteiger partial charge in [0.1, 0.15) is 12.4 Å². The maximum Gasteiger partial charge on any atom is 0.220 e. The lowest BCUT2D eigenvalue weighted by Gasteiger charge is -2.29. The van der Waals surface area contributed by atoms with E-state index in [0.29, 0.717) is 0 Å². The van der Waals surface area contributed by atoms with Crippen LogP contribution in [0.15, 0.2) is 6.33 Å². The average Bonchev–Trinajstić information content (AvgIpc) is 2.67. The summed E-state index contributed by atoms with van der Waals surface area (Å²) in [6.07, 6.45) is 12.2. The van der Waals surface area contributed by atoms with Gasteiger partial charge in [0.25, 0.3) is 0 Å². The number of fused-ring (bicyclic) bond motifs is 1. The zero-order chi connectivity index (χ0) is 13.1. The van der Waals surface area contributed by atoms with Crippen LogP contribution >= 0.6 is 0 Å². The van der Waals surface area contributed by atoms with Crippen molar-refractivity contribution in [1.29, 1.82) is 0 Å². The molecule has 2 aliphatic rings. The van der Waals surface area contributed by atoms with E-state index in [9.17, 15) is 0 Å². The minimum Gasteiger partial charge on any atom is -0.472 e. The first-order chi connectivity index (χ1) is 9.34. The number of nitrogens with two attached hydrogens (primary N) is 1. The first-order valence-corrected chi connectivity index (χ1v) is 7.59. The van der Waals surface area contributed by atoms with Gasteiger partial charge >= 0.3 is 0 Å². The SMILES string of the molecule is NC1CCCCC1Oc1ncnc2c1CCCCC2. The Balaban J connectivity index is 1.80. The van der Waals surface area contributed by atoms with E-state index >= 15 is 0 Å². The van der Waals surface area contributed by atoms with Crippen LogP contribution in [0.25, 0.3) is 0 Å². The fourth-order valence-electron chi connectivity index (χ4n) is 3.18. The molecule has 1 fully saturated rings. The fraction of sp³-hybridized carbons (Fsp3) is 0.733. The lowest BCUT2D eigenvalue weighted by atomic mass is 9.93. The Labute approximate surface area is 114 Å². The van der Waals surface area contributed by atoms with Gasteiger partial charge in [-0.05, 0) is 44.9 Å². The average molecular weight is 261 g/mol. The van der Waals surface area contributed by atoms with Crippen LogP contribution in [0.3, 0.4) is 0 Å². The molecule has 0 bridgehead atoms. The molecule has 1 saturated carbocycles. The van der Waals surface area contributed by atoms with Crippen molar-refractivity contribution in [1.82, 2.24) is 9.97 Å². The van der Waals surface area contributed by atoms with Gasteiger partial charge in [-0.1, -0.05) is 12.8 Å². The third-order valence-corrected chi connectivity index (χ3v) is 4.35. The Morgan fingerprint density at radius 1 is 1.00 bits per heavy atom. The Morgan fingerprint density at radius 2 is 1.84 bits per heavy atom. The number of hydrogen-bond acceptors (Lipinski definition) is 4. The summed E-state index contributed by atoms with van der Waals surface area (Å²) >= 11 is 0. The molecule has 0 amide bonds. The van der Waals surface area contributed by atoms with Gasteiger partial charge in [-0.15, -0.1) is 0 Å². The highest BCUT2D eigenvalue weighted by atomic mass is 16.5. The normalized spacial score (nSPS) is 27.4. The number of aromatic nitrogens is 2. The maximum atomic E-state index is 6.17. The molecule has 4 nitrogen and oxygen atoms in total. The predicted octanol–water partition coefficient (Wildman–Crippen LogP) is 2.39. The summed E-state index contributed by atoms with van der Waals surface area (Å²) in [7, 11) is 0. The quantitative estimate of drug-likeness (QED) is 0.830. The van der Waals surface area contributed by atoms with Crippen molar-refractivity contribution in [3.8, 4) is 5.88 Å². The number of aryl methyl sites for hydroxylation is 1. The van der Waals surface area contributed by atoms with Crippen molar-refractivity contribution in [3.63, 3.8) is 0 Å². The molecule has 0 saturated heterocycles. The molecule has 3 rings (SSSR count). The molecule has 0 aliphatic heterocycles. The van der Waals surface area contributed by atoms with E-state index in [1.54, 1.807) is 6.33 Å². The lowest BCUT2D eigenvalue weighted by Crippen LogP contribution is -2.41. The standard InChI is InChI=1S/C15H23N3O/c16-12-7-4-5-9-14(12)19-15-11-6-2-1-3-8-13(11)17-10-18-15/h10,12,14H,1-9,16H2. The molecule has 0 aromatic carbocycles. The zero-order valence-corrected chi connectivity index (χ0v) is 11.5. The molecule has 1 aromatic rings. The van der Waals surface area contributed by atoms with Crippen molar-refractivity contribution in [3.05, 3.63) is 17.6 Å². The third-order valence-electron chi connectivity index (χ3n) is 4.35. The molecule has 0 spiro atoms. The Kier molecular flexibility index (Phi) is 3.97. The minimum absolute atomic E-state index is 0.135. The summed E-state index contributed by atoms with van der Waals surface area (Å²) in [4.78, 5) is 8.80. The third kappa shape index (κ3) is 2.89. The van der Waals surface area contributed by atoms with Gasteiger partial charge in [0.2, 0.25) is 5.88 Å². The van der Waals surface area contributed by atoms with Gasteiger partial charge < -0.3 is 10.5 Å². The van der Waals surface area contributed by atoms with Crippen LogP contribution < -0.4 is 10.5 Å². The van der Waals surface area contributed by atoms with Crippen molar-refractivity contribution >= 4 is 0 Å². The molecule has 4 heteroatoms. The van der Waals surface area contributed by atoms with Crippen LogP contribution in [0.5, 0.6) is 5.88 Å². The van der Waals surface area contributed by atoms with Crippen molar-refractivity contribution in [2.75, 3.05) is 0 Å². The van der Waals surface area contributed by atoms with Crippen molar-refractivity contribution in [2.24, 2.45) is 5.73 Å². The predicted molar refractivity (Wildman–Crippen MR) is 74.2 cm³/mol. The second-order valence-electron chi connectivity index (χ2n) is 5.77. The summed E-state index contributed by atoms with van der Waals surface area (Å²) in [5.41, 5.74) is 8.59. The van der Waals surface area contributed by atoms with E-state index in [-0.39, 0.29) is 12.1 Å². The molecule has 19 heavy (non-hydrogen) atoms. The van der Waals surface area contributed by atoms with Gasteiger partial charge in [0.15, 0.2) is 0 Å². The van der Waals surface area contributed by atoms with Gasteiger partial charge in [-0.25, -0.2) is 9.97 Å². The molecular formula is C15H23N3O. The zero-order valence-electron chi connectivity index (χ0n) is 11.5. The summed E-state index contributed by atoms with van der Waals surface area (Å²) in [6, 6.07) is 0.158. The van der Waals surface area contributed by atoms with Crippen LogP contribution in [-0.4, -0.2) is 22.1 Å². The Hall–Kier alpha value is -1.16. The topological polar surface area (TPSA) is 61.0 Å². The molecule has 2 N–H and O–H groups in total. The second kappa shape index (κ2) is 5.87. The van der Waals surface area contributed by atoms with E-state index in [4.69, 9.17) is 10.5 Å². The molecule has 0 radical (unpaired) electrons. The molecule has 104 valence electrons. The first kappa shape index (κ1) is 12.9. The van der Waals surface area contributed by atoms with Crippen molar-refractivity contribution < 1.29 is 4.74 Å². The van der Waals surface area contributed by atoms with Crippen LogP contribution in [0.2, 0.25) is 0 Å². The van der Waals surface area contributed by atoms with Gasteiger partial charge in [0, 0.05) is 11.6 Å². The van der Waals surface area contributed by atoms with Crippen molar-refractivity contribution in [2.45, 2.75) is 69.9 Å². The minimum atomic E-state index is 0.135. The first-order valence-electron chi connectivity index (χ1n) is 7.59. The van der Waals surface area contributed by atoms with Gasteiger partial charge in [0.05, 0.1) is 5.69 Å². The van der Waals surface area contributed by atoms with E-state index in [1.807, 2.05) is 0 Å². The van der Waals surface area contributed by atoms with Crippen LogP contribution in [0, 0.1) is 0 Å². The van der Waals surface area contributed by atoms with Crippen LogP contribution in [0.4, 0.5) is 0 Å². The molecule has 2 atom stereocenters. The van der Waals surface area contributed by atoms with E-state index in [1.165, 1.54) is 43.4 Å². The summed E-state index contributed by atoms with van der Waals surface area (Å²) in [5.74, 6) is 0.800. The Bertz CT molecular complexity index is 435. The van der Waals surface area contributed by atoms with E-state index in [0.717, 1.165) is 31.6 Å². The summed E-state index contributed by atoms with van der Waals surface area (Å²) < 4.78 is 6.15. The van der Waals surface area contributed by atoms with Crippen LogP contribution in [-0.2, 0) is 12.8 Å². The van der Waals surface area contributed by atoms with E-state index < -0.39 is 0 Å². The number of rotatable bonds is 2. The second-order valence-corrected chi connectivity index (χ2v) is 5.77. The highest BCUT2D eigenvalue weighted by Crippen LogP contribution is 2.28. The highest BCUT2D eigenvalue weighted by Gasteiger charge is 2.25. The smallest absolute Gasteiger partial charge is 0.220 e. The number of nitrogens with zero attached hydrogens (tertiary/aromatic N) is 2. The van der Waals surface area contributed by atoms with Crippen LogP contribution in [0.1, 0.15) is 56.2 Å². The summed E-state index contributed by atoms with van der Waals surface area (Å²) in [5, 5.41) is 0. The highest BCUT2D eigenvalue weighted by molar-refractivity contribution is 5.31. The van der Waals surface area contributed by atoms with Gasteiger partial charge in [-0.2, -0.15) is 0 Å². The molecular weight excluding hydrogens is 238 g/mol. The van der Waals surface area contributed by atoms with E-state index in [2.05, 4.69) is 9.97 Å². The molecule has 2 aliphatic carbocycles. The maximum absolute atomic E-state index is 6.17. The molecule has 2 unspecified atom stereocenters. The fourth-order valence-corrected chi connectivity index (χ4v) is 3.18. The largest absolute Gasteiger partial charge is 0.472 e. The molecule has 1 heterocycles. The lowest BCUT2D eigenvalue weighted by molar-refractivity contribution is 0.125. The van der Waals surface area contributed by atoms with Gasteiger partial charge in [-0.3, -0.25) is 0 Å². The monoisotopic (exact) mass is 261 g/mol.